The van der Waals surface area contributed by atoms with Crippen LogP contribution < -0.4 is 10.6 Å². The Morgan fingerprint density at radius 3 is 2.43 bits per heavy atom. The van der Waals surface area contributed by atoms with Crippen LogP contribution in [0.2, 0.25) is 10.0 Å². The average Bonchev–Trinajstić information content (AvgIpc) is 2.40. The summed E-state index contributed by atoms with van der Waals surface area (Å²) < 4.78 is 0. The molecule has 21 heavy (non-hydrogen) atoms. The molecule has 4 nitrogen and oxygen atoms in total. The van der Waals surface area contributed by atoms with Crippen LogP contribution in [-0.2, 0) is 0 Å². The van der Waals surface area contributed by atoms with Gasteiger partial charge in [0.05, 0.1) is 15.7 Å². The Hall–Kier alpha value is -1.52. The fourth-order valence-corrected chi connectivity index (χ4v) is 2.24. The van der Waals surface area contributed by atoms with E-state index in [-0.39, 0.29) is 0 Å². The standard InChI is InChI=1S/C15H18Cl2N4/c1-9(2)8-18-13-7-10(3)19-15(20-13)21-14-11(16)5-4-6-12(14)17/h4-7,9H,8H2,1-3H3,(H2,18,19,20,21). The van der Waals surface area contributed by atoms with E-state index in [4.69, 9.17) is 23.2 Å². The zero-order chi connectivity index (χ0) is 15.4. The van der Waals surface area contributed by atoms with E-state index in [0.29, 0.717) is 27.6 Å². The van der Waals surface area contributed by atoms with E-state index >= 15 is 0 Å². The largest absolute Gasteiger partial charge is 0.370 e. The van der Waals surface area contributed by atoms with E-state index in [9.17, 15) is 0 Å². The van der Waals surface area contributed by atoms with Crippen molar-refractivity contribution in [1.29, 1.82) is 0 Å². The number of rotatable bonds is 5. The van der Waals surface area contributed by atoms with E-state index in [1.807, 2.05) is 13.0 Å². The lowest BCUT2D eigenvalue weighted by Crippen LogP contribution is -2.11. The first-order valence-electron chi connectivity index (χ1n) is 6.76. The second-order valence-corrected chi connectivity index (χ2v) is 6.03. The minimum absolute atomic E-state index is 0.469. The number of para-hydroxylation sites is 1. The topological polar surface area (TPSA) is 49.8 Å². The predicted octanol–water partition coefficient (Wildman–Crippen LogP) is 4.90. The van der Waals surface area contributed by atoms with Crippen LogP contribution >= 0.6 is 23.2 Å². The first-order valence-corrected chi connectivity index (χ1v) is 7.52. The molecule has 1 aromatic heterocycles. The molecule has 2 rings (SSSR count). The molecule has 2 N–H and O–H groups in total. The van der Waals surface area contributed by atoms with Gasteiger partial charge in [-0.25, -0.2) is 4.98 Å². The Labute approximate surface area is 134 Å². The molecule has 0 aliphatic rings. The molecule has 0 amide bonds. The second-order valence-electron chi connectivity index (χ2n) is 5.21. The van der Waals surface area contributed by atoms with Gasteiger partial charge in [0.2, 0.25) is 5.95 Å². The van der Waals surface area contributed by atoms with Crippen molar-refractivity contribution in [3.63, 3.8) is 0 Å². The fourth-order valence-electron chi connectivity index (χ4n) is 1.75. The molecule has 0 saturated carbocycles. The highest BCUT2D eigenvalue weighted by molar-refractivity contribution is 6.39. The SMILES string of the molecule is Cc1cc(NCC(C)C)nc(Nc2c(Cl)cccc2Cl)n1. The van der Waals surface area contributed by atoms with Crippen molar-refractivity contribution >= 4 is 40.7 Å². The van der Waals surface area contributed by atoms with E-state index in [0.717, 1.165) is 18.1 Å². The maximum atomic E-state index is 6.14. The summed E-state index contributed by atoms with van der Waals surface area (Å²) in [5.41, 5.74) is 1.48. The summed E-state index contributed by atoms with van der Waals surface area (Å²) >= 11 is 12.3. The quantitative estimate of drug-likeness (QED) is 0.820. The van der Waals surface area contributed by atoms with Gasteiger partial charge in [0.15, 0.2) is 0 Å². The van der Waals surface area contributed by atoms with Crippen LogP contribution in [-0.4, -0.2) is 16.5 Å². The van der Waals surface area contributed by atoms with Gasteiger partial charge >= 0.3 is 0 Å². The Balaban J connectivity index is 2.24. The predicted molar refractivity (Wildman–Crippen MR) is 89.8 cm³/mol. The van der Waals surface area contributed by atoms with E-state index in [2.05, 4.69) is 34.4 Å². The first-order chi connectivity index (χ1) is 9.95. The number of anilines is 3. The molecule has 112 valence electrons. The molecule has 0 radical (unpaired) electrons. The minimum atomic E-state index is 0.469. The van der Waals surface area contributed by atoms with Crippen LogP contribution in [0.4, 0.5) is 17.5 Å². The molecule has 1 heterocycles. The molecule has 6 heteroatoms. The van der Waals surface area contributed by atoms with Gasteiger partial charge in [0.1, 0.15) is 5.82 Å². The molecular formula is C15H18Cl2N4. The third-order valence-electron chi connectivity index (χ3n) is 2.75. The summed E-state index contributed by atoms with van der Waals surface area (Å²) in [5, 5.41) is 7.43. The summed E-state index contributed by atoms with van der Waals surface area (Å²) in [6, 6.07) is 7.23. The lowest BCUT2D eigenvalue weighted by molar-refractivity contribution is 0.687. The minimum Gasteiger partial charge on any atom is -0.370 e. The Bertz CT molecular complexity index is 609. The highest BCUT2D eigenvalue weighted by Gasteiger charge is 2.09. The molecule has 2 aromatic rings. The number of aryl methyl sites for hydroxylation is 1. The highest BCUT2D eigenvalue weighted by Crippen LogP contribution is 2.31. The normalized spacial score (nSPS) is 10.8. The van der Waals surface area contributed by atoms with Gasteiger partial charge in [-0.15, -0.1) is 0 Å². The Morgan fingerprint density at radius 1 is 1.14 bits per heavy atom. The van der Waals surface area contributed by atoms with Crippen LogP contribution in [0.3, 0.4) is 0 Å². The van der Waals surface area contributed by atoms with Crippen molar-refractivity contribution in [3.05, 3.63) is 40.0 Å². The van der Waals surface area contributed by atoms with Crippen LogP contribution in [0.15, 0.2) is 24.3 Å². The fraction of sp³-hybridized carbons (Fsp3) is 0.333. The molecule has 0 atom stereocenters. The van der Waals surface area contributed by atoms with Crippen LogP contribution in [0, 0.1) is 12.8 Å². The third kappa shape index (κ3) is 4.48. The summed E-state index contributed by atoms with van der Waals surface area (Å²) in [7, 11) is 0. The van der Waals surface area contributed by atoms with Crippen LogP contribution in [0.25, 0.3) is 0 Å². The smallest absolute Gasteiger partial charge is 0.229 e. The molecule has 0 aliphatic heterocycles. The third-order valence-corrected chi connectivity index (χ3v) is 3.38. The van der Waals surface area contributed by atoms with Gasteiger partial charge in [-0.05, 0) is 25.0 Å². The number of halogens is 2. The number of aromatic nitrogens is 2. The van der Waals surface area contributed by atoms with Gasteiger partial charge in [-0.3, -0.25) is 0 Å². The van der Waals surface area contributed by atoms with E-state index < -0.39 is 0 Å². The number of nitrogens with one attached hydrogen (secondary N) is 2. The molecule has 0 bridgehead atoms. The number of hydrogen-bond donors (Lipinski definition) is 2. The van der Waals surface area contributed by atoms with Gasteiger partial charge in [-0.2, -0.15) is 4.98 Å². The summed E-state index contributed by atoms with van der Waals surface area (Å²) in [6.45, 7) is 7.05. The van der Waals surface area contributed by atoms with Crippen molar-refractivity contribution in [2.24, 2.45) is 5.92 Å². The maximum absolute atomic E-state index is 6.14. The van der Waals surface area contributed by atoms with Crippen molar-refractivity contribution < 1.29 is 0 Å². The second kappa shape index (κ2) is 6.96. The van der Waals surface area contributed by atoms with Gasteiger partial charge in [0, 0.05) is 18.3 Å². The average molecular weight is 325 g/mol. The van der Waals surface area contributed by atoms with Crippen LogP contribution in [0.1, 0.15) is 19.5 Å². The van der Waals surface area contributed by atoms with Gasteiger partial charge in [-0.1, -0.05) is 43.1 Å². The van der Waals surface area contributed by atoms with Crippen molar-refractivity contribution in [2.45, 2.75) is 20.8 Å². The molecule has 0 unspecified atom stereocenters. The number of hydrogen-bond acceptors (Lipinski definition) is 4. The molecule has 1 aromatic carbocycles. The summed E-state index contributed by atoms with van der Waals surface area (Å²) in [6.07, 6.45) is 0. The number of benzene rings is 1. The number of nitrogens with zero attached hydrogens (tertiary/aromatic N) is 2. The maximum Gasteiger partial charge on any atom is 0.229 e. The Kier molecular flexibility index (Phi) is 5.26. The zero-order valence-corrected chi connectivity index (χ0v) is 13.8. The summed E-state index contributed by atoms with van der Waals surface area (Å²) in [4.78, 5) is 8.79. The molecular weight excluding hydrogens is 307 g/mol. The van der Waals surface area contributed by atoms with Crippen molar-refractivity contribution in [2.75, 3.05) is 17.2 Å². The van der Waals surface area contributed by atoms with E-state index in [1.165, 1.54) is 0 Å². The van der Waals surface area contributed by atoms with Gasteiger partial charge < -0.3 is 10.6 Å². The van der Waals surface area contributed by atoms with Crippen molar-refractivity contribution in [1.82, 2.24) is 9.97 Å². The first kappa shape index (κ1) is 15.9. The highest BCUT2D eigenvalue weighted by atomic mass is 35.5. The Morgan fingerprint density at radius 2 is 1.81 bits per heavy atom. The summed E-state index contributed by atoms with van der Waals surface area (Å²) in [5.74, 6) is 1.79. The zero-order valence-electron chi connectivity index (χ0n) is 12.2. The van der Waals surface area contributed by atoms with Crippen molar-refractivity contribution in [3.8, 4) is 0 Å². The lowest BCUT2D eigenvalue weighted by atomic mass is 10.2. The molecule has 0 aliphatic carbocycles. The van der Waals surface area contributed by atoms with Crippen LogP contribution in [0.5, 0.6) is 0 Å². The van der Waals surface area contributed by atoms with E-state index in [1.54, 1.807) is 18.2 Å². The molecule has 0 spiro atoms. The molecule has 0 saturated heterocycles. The molecule has 0 fully saturated rings. The van der Waals surface area contributed by atoms with Gasteiger partial charge in [0.25, 0.3) is 0 Å². The monoisotopic (exact) mass is 324 g/mol. The lowest BCUT2D eigenvalue weighted by Gasteiger charge is -2.12.